The highest BCUT2D eigenvalue weighted by atomic mass is 16.7. The fraction of sp³-hybridized carbons (Fsp3) is 0.432. The van der Waals surface area contributed by atoms with Crippen LogP contribution in [-0.2, 0) is 4.74 Å². The molecule has 5 rings (SSSR count). The molecule has 2 aliphatic rings. The van der Waals surface area contributed by atoms with Gasteiger partial charge in [-0.05, 0) is 75.6 Å². The van der Waals surface area contributed by atoms with E-state index in [1.54, 1.807) is 72.3 Å². The highest BCUT2D eigenvalue weighted by Crippen LogP contribution is 2.34. The van der Waals surface area contributed by atoms with Crippen molar-refractivity contribution in [3.63, 3.8) is 0 Å². The van der Waals surface area contributed by atoms with Crippen LogP contribution in [0.3, 0.4) is 0 Å². The van der Waals surface area contributed by atoms with Gasteiger partial charge in [0, 0.05) is 55.7 Å². The number of benzene rings is 3. The minimum absolute atomic E-state index is 0.116. The summed E-state index contributed by atoms with van der Waals surface area (Å²) in [6.07, 6.45) is 1.81. The van der Waals surface area contributed by atoms with Crippen molar-refractivity contribution in [2.45, 2.75) is 58.3 Å². The summed E-state index contributed by atoms with van der Waals surface area (Å²) in [4.78, 5) is 43.8. The predicted octanol–water partition coefficient (Wildman–Crippen LogP) is 5.63. The molecule has 0 aliphatic carbocycles. The Bertz CT molecular complexity index is 1600. The van der Waals surface area contributed by atoms with Crippen molar-refractivity contribution in [1.82, 2.24) is 9.80 Å². The minimum Gasteiger partial charge on any atom is -0.490 e. The molecular weight excluding hydrogens is 628 g/mol. The lowest BCUT2D eigenvalue weighted by Gasteiger charge is -2.36. The van der Waals surface area contributed by atoms with Crippen LogP contribution < -0.4 is 24.8 Å². The van der Waals surface area contributed by atoms with E-state index < -0.39 is 12.1 Å². The van der Waals surface area contributed by atoms with Gasteiger partial charge in [-0.1, -0.05) is 25.1 Å². The summed E-state index contributed by atoms with van der Waals surface area (Å²) in [5.74, 6) is 0.848. The molecule has 3 aromatic carbocycles. The maximum atomic E-state index is 14.4. The average Bonchev–Trinajstić information content (AvgIpc) is 3.57. The molecule has 0 fully saturated rings. The molecular formula is C37H46N4O8. The molecule has 12 heteroatoms. The number of amides is 4. The predicted molar refractivity (Wildman–Crippen MR) is 185 cm³/mol. The Balaban J connectivity index is 1.38. The Kier molecular flexibility index (Phi) is 12.0. The van der Waals surface area contributed by atoms with Crippen LogP contribution in [-0.4, -0.2) is 91.1 Å². The topological polar surface area (TPSA) is 139 Å². The van der Waals surface area contributed by atoms with Crippen molar-refractivity contribution < 1.29 is 38.4 Å². The Labute approximate surface area is 287 Å². The van der Waals surface area contributed by atoms with Gasteiger partial charge in [-0.15, -0.1) is 0 Å². The van der Waals surface area contributed by atoms with Crippen LogP contribution in [0.1, 0.15) is 60.7 Å². The normalized spacial score (nSPS) is 20.3. The van der Waals surface area contributed by atoms with Crippen LogP contribution in [0.25, 0.3) is 0 Å². The molecule has 2 aliphatic heterocycles. The Morgan fingerprint density at radius 3 is 2.39 bits per heavy atom. The van der Waals surface area contributed by atoms with E-state index in [0.717, 1.165) is 19.3 Å². The number of aliphatic hydroxyl groups is 1. The number of urea groups is 1. The van der Waals surface area contributed by atoms with E-state index in [0.29, 0.717) is 47.3 Å². The van der Waals surface area contributed by atoms with Gasteiger partial charge in [-0.25, -0.2) is 4.79 Å². The van der Waals surface area contributed by atoms with Gasteiger partial charge >= 0.3 is 6.03 Å². The summed E-state index contributed by atoms with van der Waals surface area (Å²) >= 11 is 0. The summed E-state index contributed by atoms with van der Waals surface area (Å²) in [6.45, 7) is 6.64. The van der Waals surface area contributed by atoms with E-state index >= 15 is 0 Å². The second-order valence-electron chi connectivity index (χ2n) is 12.7. The summed E-state index contributed by atoms with van der Waals surface area (Å²) in [7, 11) is 1.75. The highest BCUT2D eigenvalue weighted by Gasteiger charge is 2.31. The first kappa shape index (κ1) is 35.5. The second-order valence-corrected chi connectivity index (χ2v) is 12.7. The molecule has 0 unspecified atom stereocenters. The summed E-state index contributed by atoms with van der Waals surface area (Å²) in [5.41, 5.74) is 1.74. The van der Waals surface area contributed by atoms with E-state index in [-0.39, 0.29) is 55.4 Å². The van der Waals surface area contributed by atoms with E-state index in [9.17, 15) is 19.5 Å². The van der Waals surface area contributed by atoms with Crippen LogP contribution in [0.15, 0.2) is 66.7 Å². The number of likely N-dealkylation sites (N-methyl/N-ethyl adjacent to an activating group) is 1. The lowest BCUT2D eigenvalue weighted by atomic mass is 10.0. The van der Waals surface area contributed by atoms with Crippen LogP contribution >= 0.6 is 0 Å². The Hall–Kier alpha value is -4.81. The van der Waals surface area contributed by atoms with Crippen molar-refractivity contribution in [2.24, 2.45) is 5.92 Å². The van der Waals surface area contributed by atoms with Crippen LogP contribution in [0, 0.1) is 5.92 Å². The van der Waals surface area contributed by atoms with Crippen molar-refractivity contribution in [3.05, 3.63) is 77.9 Å². The molecule has 12 nitrogen and oxygen atoms in total. The smallest absolute Gasteiger partial charge is 0.323 e. The SMILES string of the molecule is C[C@@H]1CCCCO[C@@H](CN(C)C(=O)c2ccccc2)[C@@H](C)CN([C@H](C)CO)C(=O)c2cc(NC(=O)Nc3ccc4c(c3)OCO4)ccc2O1. The fourth-order valence-corrected chi connectivity index (χ4v) is 5.88. The average molecular weight is 675 g/mol. The fourth-order valence-electron chi connectivity index (χ4n) is 5.88. The number of hydrogen-bond acceptors (Lipinski definition) is 8. The molecule has 0 radical (unpaired) electrons. The molecule has 4 amide bonds. The summed E-state index contributed by atoms with van der Waals surface area (Å²) < 4.78 is 23.4. The third kappa shape index (κ3) is 9.21. The molecule has 0 saturated heterocycles. The van der Waals surface area contributed by atoms with E-state index in [2.05, 4.69) is 10.6 Å². The standard InChI is InChI=1S/C37H46N4O8/c1-24-20-41(25(2)22-42)36(44)30-18-28(38-37(45)39-29-14-16-32-33(19-29)48-23-47-32)13-15-31(30)49-26(3)10-8-9-17-46-34(24)21-40(4)35(43)27-11-6-5-7-12-27/h5-7,11-16,18-19,24-26,34,42H,8-10,17,20-23H2,1-4H3,(H2,38,39,45)/t24-,25+,26+,34-/m0/s1. The molecule has 3 N–H and O–H groups in total. The number of fused-ring (bicyclic) bond motifs is 2. The van der Waals surface area contributed by atoms with E-state index in [1.807, 2.05) is 32.0 Å². The number of nitrogens with one attached hydrogen (secondary N) is 2. The summed E-state index contributed by atoms with van der Waals surface area (Å²) in [5, 5.41) is 15.8. The molecule has 0 spiro atoms. The first-order valence-electron chi connectivity index (χ1n) is 16.7. The zero-order valence-electron chi connectivity index (χ0n) is 28.5. The number of ether oxygens (including phenoxy) is 4. The zero-order valence-corrected chi connectivity index (χ0v) is 28.5. The van der Waals surface area contributed by atoms with Gasteiger partial charge in [0.05, 0.1) is 30.4 Å². The van der Waals surface area contributed by atoms with Crippen molar-refractivity contribution in [3.8, 4) is 17.2 Å². The van der Waals surface area contributed by atoms with Gasteiger partial charge in [0.1, 0.15) is 5.75 Å². The van der Waals surface area contributed by atoms with Gasteiger partial charge in [-0.2, -0.15) is 0 Å². The second kappa shape index (κ2) is 16.5. The van der Waals surface area contributed by atoms with E-state index in [1.165, 1.54) is 0 Å². The van der Waals surface area contributed by atoms with Gasteiger partial charge in [0.2, 0.25) is 6.79 Å². The van der Waals surface area contributed by atoms with Crippen LogP contribution in [0.4, 0.5) is 16.2 Å². The largest absolute Gasteiger partial charge is 0.490 e. The van der Waals surface area contributed by atoms with Crippen molar-refractivity contribution in [1.29, 1.82) is 0 Å². The third-order valence-electron chi connectivity index (χ3n) is 8.76. The molecule has 4 atom stereocenters. The van der Waals surface area contributed by atoms with Gasteiger partial charge in [0.15, 0.2) is 11.5 Å². The maximum Gasteiger partial charge on any atom is 0.323 e. The first-order chi connectivity index (χ1) is 23.6. The van der Waals surface area contributed by atoms with Gasteiger partial charge < -0.3 is 44.5 Å². The van der Waals surface area contributed by atoms with Crippen molar-refractivity contribution in [2.75, 3.05) is 50.8 Å². The highest BCUT2D eigenvalue weighted by molar-refractivity contribution is 6.02. The molecule has 2 heterocycles. The number of carbonyl (C=O) groups excluding carboxylic acids is 3. The van der Waals surface area contributed by atoms with E-state index in [4.69, 9.17) is 18.9 Å². The van der Waals surface area contributed by atoms with Gasteiger partial charge in [-0.3, -0.25) is 9.59 Å². The minimum atomic E-state index is -0.539. The monoisotopic (exact) mass is 674 g/mol. The summed E-state index contributed by atoms with van der Waals surface area (Å²) in [6, 6.07) is 18.1. The van der Waals surface area contributed by atoms with Gasteiger partial charge in [0.25, 0.3) is 11.8 Å². The Morgan fingerprint density at radius 1 is 0.959 bits per heavy atom. The molecule has 262 valence electrons. The Morgan fingerprint density at radius 2 is 1.65 bits per heavy atom. The maximum absolute atomic E-state index is 14.4. The molecule has 0 bridgehead atoms. The number of aliphatic hydroxyl groups excluding tert-OH is 1. The first-order valence-corrected chi connectivity index (χ1v) is 16.7. The molecule has 3 aromatic rings. The quantitative estimate of drug-likeness (QED) is 0.293. The third-order valence-corrected chi connectivity index (χ3v) is 8.76. The molecule has 0 aromatic heterocycles. The van der Waals surface area contributed by atoms with Crippen LogP contribution in [0.2, 0.25) is 0 Å². The molecule has 0 saturated carbocycles. The number of anilines is 2. The number of rotatable bonds is 7. The van der Waals surface area contributed by atoms with Crippen molar-refractivity contribution >= 4 is 29.2 Å². The lowest BCUT2D eigenvalue weighted by molar-refractivity contribution is -0.0149. The molecule has 49 heavy (non-hydrogen) atoms. The number of hydrogen-bond donors (Lipinski definition) is 3. The van der Waals surface area contributed by atoms with Crippen LogP contribution in [0.5, 0.6) is 17.2 Å². The lowest BCUT2D eigenvalue weighted by Crippen LogP contribution is -2.48. The zero-order chi connectivity index (χ0) is 34.9. The number of nitrogens with zero attached hydrogens (tertiary/aromatic N) is 2. The number of carbonyl (C=O) groups is 3.